The van der Waals surface area contributed by atoms with Crippen LogP contribution >= 0.6 is 24.8 Å². The monoisotopic (exact) mass is 333 g/mol. The van der Waals surface area contributed by atoms with Gasteiger partial charge in [-0.1, -0.05) is 12.1 Å². The average Bonchev–Trinajstić information content (AvgIpc) is 2.43. The van der Waals surface area contributed by atoms with Gasteiger partial charge in [-0.05, 0) is 44.5 Å². The van der Waals surface area contributed by atoms with Gasteiger partial charge in [0.25, 0.3) is 5.91 Å². The lowest BCUT2D eigenvalue weighted by Gasteiger charge is -2.35. The molecular weight excluding hydrogens is 309 g/mol. The minimum atomic E-state index is 0. The molecule has 21 heavy (non-hydrogen) atoms. The van der Waals surface area contributed by atoms with Gasteiger partial charge in [-0.25, -0.2) is 0 Å². The normalized spacial score (nSPS) is 21.9. The molecule has 120 valence electrons. The van der Waals surface area contributed by atoms with Crippen LogP contribution in [0.15, 0.2) is 24.3 Å². The zero-order chi connectivity index (χ0) is 13.8. The summed E-state index contributed by atoms with van der Waals surface area (Å²) in [6.07, 6.45) is 2.04. The van der Waals surface area contributed by atoms with Crippen molar-refractivity contribution in [1.82, 2.24) is 10.2 Å². The Kier molecular flexibility index (Phi) is 8.90. The minimum Gasteiger partial charge on any atom is -0.349 e. The van der Waals surface area contributed by atoms with Gasteiger partial charge >= 0.3 is 0 Å². The molecule has 4 nitrogen and oxygen atoms in total. The molecular formula is C15H25Cl2N3O. The van der Waals surface area contributed by atoms with Crippen LogP contribution in [0.4, 0.5) is 0 Å². The lowest BCUT2D eigenvalue weighted by Crippen LogP contribution is -2.47. The Morgan fingerprint density at radius 1 is 1.33 bits per heavy atom. The fourth-order valence-corrected chi connectivity index (χ4v) is 2.48. The predicted molar refractivity (Wildman–Crippen MR) is 91.4 cm³/mol. The van der Waals surface area contributed by atoms with Crippen LogP contribution in [-0.2, 0) is 6.54 Å². The van der Waals surface area contributed by atoms with Crippen molar-refractivity contribution in [1.29, 1.82) is 0 Å². The number of likely N-dealkylation sites (tertiary alicyclic amines) is 1. The molecule has 0 saturated carbocycles. The highest BCUT2D eigenvalue weighted by Crippen LogP contribution is 2.16. The van der Waals surface area contributed by atoms with E-state index in [0.29, 0.717) is 18.2 Å². The maximum atomic E-state index is 12.1. The van der Waals surface area contributed by atoms with Crippen molar-refractivity contribution in [2.24, 2.45) is 5.73 Å². The summed E-state index contributed by atoms with van der Waals surface area (Å²) >= 11 is 0. The number of nitrogens with one attached hydrogen (secondary N) is 1. The van der Waals surface area contributed by atoms with Crippen LogP contribution in [0.2, 0.25) is 0 Å². The number of amides is 1. The van der Waals surface area contributed by atoms with Crippen LogP contribution in [-0.4, -0.2) is 36.5 Å². The van der Waals surface area contributed by atoms with Crippen molar-refractivity contribution in [3.63, 3.8) is 0 Å². The number of halogens is 2. The summed E-state index contributed by atoms with van der Waals surface area (Å²) in [6, 6.07) is 8.32. The third kappa shape index (κ3) is 5.47. The molecule has 0 aliphatic carbocycles. The van der Waals surface area contributed by atoms with E-state index < -0.39 is 0 Å². The molecule has 1 fully saturated rings. The maximum absolute atomic E-state index is 12.1. The Morgan fingerprint density at radius 3 is 2.48 bits per heavy atom. The van der Waals surface area contributed by atoms with Crippen LogP contribution in [0, 0.1) is 0 Å². The van der Waals surface area contributed by atoms with Gasteiger partial charge in [-0.3, -0.25) is 4.79 Å². The predicted octanol–water partition coefficient (Wildman–Crippen LogP) is 2.20. The summed E-state index contributed by atoms with van der Waals surface area (Å²) in [7, 11) is 2.13. The molecule has 0 bridgehead atoms. The Labute approximate surface area is 139 Å². The number of nitrogens with zero attached hydrogens (tertiary/aromatic N) is 1. The molecule has 1 amide bonds. The van der Waals surface area contributed by atoms with Crippen LogP contribution in [0.25, 0.3) is 0 Å². The van der Waals surface area contributed by atoms with Gasteiger partial charge in [0.1, 0.15) is 0 Å². The Hall–Kier alpha value is -0.810. The molecule has 6 heteroatoms. The topological polar surface area (TPSA) is 58.4 Å². The largest absolute Gasteiger partial charge is 0.349 e. The number of hydrogen-bond acceptors (Lipinski definition) is 3. The summed E-state index contributed by atoms with van der Waals surface area (Å²) < 4.78 is 0. The number of piperidine rings is 1. The molecule has 1 aliphatic rings. The fraction of sp³-hybridized carbons (Fsp3) is 0.533. The molecule has 0 aromatic heterocycles. The first-order valence-electron chi connectivity index (χ1n) is 6.90. The quantitative estimate of drug-likeness (QED) is 0.891. The second-order valence-electron chi connectivity index (χ2n) is 5.43. The SMILES string of the molecule is CC1CC(NC(=O)c2ccc(CN)cc2)CCN1C.Cl.Cl. The number of carbonyl (C=O) groups excluding carboxylic acids is 1. The van der Waals surface area contributed by atoms with Crippen molar-refractivity contribution in [2.45, 2.75) is 38.4 Å². The number of hydrogen-bond donors (Lipinski definition) is 2. The van der Waals surface area contributed by atoms with E-state index in [1.165, 1.54) is 0 Å². The zero-order valence-corrected chi connectivity index (χ0v) is 14.2. The summed E-state index contributed by atoms with van der Waals surface area (Å²) in [5.74, 6) is 0.0188. The average molecular weight is 334 g/mol. The van der Waals surface area contributed by atoms with E-state index >= 15 is 0 Å². The highest BCUT2D eigenvalue weighted by atomic mass is 35.5. The van der Waals surface area contributed by atoms with E-state index in [1.807, 2.05) is 24.3 Å². The van der Waals surface area contributed by atoms with E-state index in [2.05, 4.69) is 24.2 Å². The first-order valence-corrected chi connectivity index (χ1v) is 6.90. The first kappa shape index (κ1) is 20.2. The van der Waals surface area contributed by atoms with Crippen LogP contribution in [0.5, 0.6) is 0 Å². The number of carbonyl (C=O) groups is 1. The third-order valence-electron chi connectivity index (χ3n) is 4.00. The Balaban J connectivity index is 0.00000200. The zero-order valence-electron chi connectivity index (χ0n) is 12.5. The van der Waals surface area contributed by atoms with E-state index in [1.54, 1.807) is 0 Å². The molecule has 2 atom stereocenters. The molecule has 3 N–H and O–H groups in total. The van der Waals surface area contributed by atoms with Crippen LogP contribution < -0.4 is 11.1 Å². The lowest BCUT2D eigenvalue weighted by atomic mass is 9.98. The molecule has 1 saturated heterocycles. The van der Waals surface area contributed by atoms with Crippen molar-refractivity contribution in [3.8, 4) is 0 Å². The van der Waals surface area contributed by atoms with Crippen molar-refractivity contribution >= 4 is 30.7 Å². The van der Waals surface area contributed by atoms with E-state index in [9.17, 15) is 4.79 Å². The lowest BCUT2D eigenvalue weighted by molar-refractivity contribution is 0.0896. The number of benzene rings is 1. The van der Waals surface area contributed by atoms with Gasteiger partial charge in [0, 0.05) is 30.7 Å². The first-order chi connectivity index (χ1) is 9.10. The molecule has 2 unspecified atom stereocenters. The van der Waals surface area contributed by atoms with Gasteiger partial charge in [0.2, 0.25) is 0 Å². The summed E-state index contributed by atoms with van der Waals surface area (Å²) in [5, 5.41) is 3.13. The highest BCUT2D eigenvalue weighted by molar-refractivity contribution is 5.94. The molecule has 1 aromatic carbocycles. The summed E-state index contributed by atoms with van der Waals surface area (Å²) in [4.78, 5) is 14.5. The number of rotatable bonds is 3. The fourth-order valence-electron chi connectivity index (χ4n) is 2.48. The van der Waals surface area contributed by atoms with E-state index in [4.69, 9.17) is 5.73 Å². The van der Waals surface area contributed by atoms with Gasteiger partial charge < -0.3 is 16.0 Å². The Morgan fingerprint density at radius 2 is 1.95 bits per heavy atom. The summed E-state index contributed by atoms with van der Waals surface area (Å²) in [5.41, 5.74) is 7.31. The standard InChI is InChI=1S/C15H23N3O.2ClH/c1-11-9-14(7-8-18(11)2)17-15(19)13-5-3-12(10-16)4-6-13;;/h3-6,11,14H,7-10,16H2,1-2H3,(H,17,19);2*1H. The second-order valence-corrected chi connectivity index (χ2v) is 5.43. The number of nitrogens with two attached hydrogens (primary N) is 1. The molecule has 0 spiro atoms. The second kappa shape index (κ2) is 9.26. The summed E-state index contributed by atoms with van der Waals surface area (Å²) in [6.45, 7) is 3.75. The van der Waals surface area contributed by atoms with Gasteiger partial charge in [-0.15, -0.1) is 24.8 Å². The maximum Gasteiger partial charge on any atom is 0.251 e. The molecule has 1 aliphatic heterocycles. The third-order valence-corrected chi connectivity index (χ3v) is 4.00. The molecule has 0 radical (unpaired) electrons. The minimum absolute atomic E-state index is 0. The van der Waals surface area contributed by atoms with Crippen molar-refractivity contribution in [3.05, 3.63) is 35.4 Å². The van der Waals surface area contributed by atoms with Gasteiger partial charge in [0.15, 0.2) is 0 Å². The van der Waals surface area contributed by atoms with Crippen molar-refractivity contribution in [2.75, 3.05) is 13.6 Å². The molecule has 1 aromatic rings. The van der Waals surface area contributed by atoms with Crippen LogP contribution in [0.3, 0.4) is 0 Å². The Bertz CT molecular complexity index is 439. The van der Waals surface area contributed by atoms with Gasteiger partial charge in [0.05, 0.1) is 0 Å². The smallest absolute Gasteiger partial charge is 0.251 e. The van der Waals surface area contributed by atoms with Crippen molar-refractivity contribution < 1.29 is 4.79 Å². The molecule has 1 heterocycles. The van der Waals surface area contributed by atoms with E-state index in [-0.39, 0.29) is 36.8 Å². The highest BCUT2D eigenvalue weighted by Gasteiger charge is 2.24. The van der Waals surface area contributed by atoms with E-state index in [0.717, 1.165) is 24.9 Å². The van der Waals surface area contributed by atoms with Crippen LogP contribution in [0.1, 0.15) is 35.7 Å². The molecule has 2 rings (SSSR count). The van der Waals surface area contributed by atoms with Gasteiger partial charge in [-0.2, -0.15) is 0 Å².